The third-order valence-electron chi connectivity index (χ3n) is 6.08. The number of rotatable bonds is 11. The second-order valence-corrected chi connectivity index (χ2v) is 8.53. The number of aliphatic hydroxyl groups excluding tert-OH is 7. The van der Waals surface area contributed by atoms with Crippen molar-refractivity contribution in [1.82, 2.24) is 0 Å². The van der Waals surface area contributed by atoms with E-state index in [0.717, 1.165) is 0 Å². The number of nitrogens with zero attached hydrogens (tertiary/aromatic N) is 1. The summed E-state index contributed by atoms with van der Waals surface area (Å²) in [5.74, 6) is -4.70. The lowest BCUT2D eigenvalue weighted by Crippen LogP contribution is -2.64. The molecule has 0 radical (unpaired) electrons. The van der Waals surface area contributed by atoms with Crippen molar-refractivity contribution in [2.75, 3.05) is 19.8 Å². The molecule has 2 rings (SSSR count). The standard InChI is InChI=1S/C18H34N4O13/c19-16(20)22-3-1-2-17(21,15(30)31)12(28)11-10(13(29)18(32,5-24)35-11)34-14-9(27)8(26)7(25)6(4-23)33-14/h6-14,23-29,32H,1-5,21H2,(H,30,31)(H4,19,20,22)/t6?,7-,8+,9-,10-,11?,12+,13+,14?,17?,18-/m1/s1. The van der Waals surface area contributed by atoms with Crippen LogP contribution in [0.4, 0.5) is 0 Å². The lowest BCUT2D eigenvalue weighted by Gasteiger charge is -2.42. The van der Waals surface area contributed by atoms with E-state index in [2.05, 4.69) is 4.99 Å². The summed E-state index contributed by atoms with van der Waals surface area (Å²) in [6.45, 7) is -2.07. The normalized spacial score (nSPS) is 40.1. The maximum absolute atomic E-state index is 12.0. The average Bonchev–Trinajstić information content (AvgIpc) is 3.06. The van der Waals surface area contributed by atoms with E-state index in [9.17, 15) is 50.8 Å². The van der Waals surface area contributed by atoms with E-state index in [1.807, 2.05) is 0 Å². The summed E-state index contributed by atoms with van der Waals surface area (Å²) >= 11 is 0. The van der Waals surface area contributed by atoms with Crippen LogP contribution in [0.1, 0.15) is 12.8 Å². The second-order valence-electron chi connectivity index (χ2n) is 8.53. The molecule has 0 aromatic heterocycles. The van der Waals surface area contributed by atoms with Crippen LogP contribution in [0.5, 0.6) is 0 Å². The second kappa shape index (κ2) is 11.5. The first-order chi connectivity index (χ1) is 16.2. The largest absolute Gasteiger partial charge is 0.480 e. The van der Waals surface area contributed by atoms with E-state index in [1.54, 1.807) is 0 Å². The molecule has 11 atom stereocenters. The zero-order valence-electron chi connectivity index (χ0n) is 18.6. The predicted molar refractivity (Wildman–Crippen MR) is 112 cm³/mol. The van der Waals surface area contributed by atoms with Crippen molar-refractivity contribution < 1.29 is 65.0 Å². The number of hydrogen-bond donors (Lipinski definition) is 12. The Morgan fingerprint density at radius 1 is 1.14 bits per heavy atom. The molecule has 0 bridgehead atoms. The molecule has 0 saturated carbocycles. The Morgan fingerprint density at radius 2 is 1.77 bits per heavy atom. The van der Waals surface area contributed by atoms with Crippen LogP contribution in [0.25, 0.3) is 0 Å². The lowest BCUT2D eigenvalue weighted by atomic mass is 9.83. The minimum atomic E-state index is -2.75. The van der Waals surface area contributed by atoms with Crippen LogP contribution in [-0.2, 0) is 19.0 Å². The van der Waals surface area contributed by atoms with Crippen LogP contribution in [0.3, 0.4) is 0 Å². The van der Waals surface area contributed by atoms with Gasteiger partial charge in [0.05, 0.1) is 13.2 Å². The van der Waals surface area contributed by atoms with Gasteiger partial charge in [-0.25, -0.2) is 0 Å². The maximum Gasteiger partial charge on any atom is 0.326 e. The van der Waals surface area contributed by atoms with Gasteiger partial charge >= 0.3 is 5.97 Å². The van der Waals surface area contributed by atoms with Crippen molar-refractivity contribution in [1.29, 1.82) is 0 Å². The fraction of sp³-hybridized carbons (Fsp3) is 0.889. The molecule has 17 nitrogen and oxygen atoms in total. The van der Waals surface area contributed by atoms with E-state index < -0.39 is 92.1 Å². The number of carbonyl (C=O) groups is 1. The number of carboxylic acid groups (broad SMARTS) is 1. The number of ether oxygens (including phenoxy) is 3. The number of nitrogens with two attached hydrogens (primary N) is 3. The molecule has 0 spiro atoms. The number of aliphatic carboxylic acids is 1. The molecule has 2 aliphatic heterocycles. The van der Waals surface area contributed by atoms with E-state index in [0.29, 0.717) is 0 Å². The van der Waals surface area contributed by atoms with E-state index in [1.165, 1.54) is 0 Å². The highest BCUT2D eigenvalue weighted by atomic mass is 16.7. The summed E-state index contributed by atoms with van der Waals surface area (Å²) in [6.07, 6.45) is -17.4. The van der Waals surface area contributed by atoms with Crippen LogP contribution in [0.2, 0.25) is 0 Å². The van der Waals surface area contributed by atoms with Gasteiger partial charge in [0.25, 0.3) is 0 Å². The Labute approximate surface area is 198 Å². The number of aliphatic imine (C=N–C) groups is 1. The molecule has 35 heavy (non-hydrogen) atoms. The molecule has 2 heterocycles. The van der Waals surface area contributed by atoms with Crippen LogP contribution in [-0.4, -0.2) is 144 Å². The highest BCUT2D eigenvalue weighted by Crippen LogP contribution is 2.38. The molecule has 4 unspecified atom stereocenters. The van der Waals surface area contributed by atoms with Gasteiger partial charge in [0.1, 0.15) is 54.4 Å². The number of hydrogen-bond acceptors (Lipinski definition) is 14. The summed E-state index contributed by atoms with van der Waals surface area (Å²) in [6, 6.07) is 0. The molecule has 204 valence electrons. The van der Waals surface area contributed by atoms with Crippen molar-refractivity contribution in [3.63, 3.8) is 0 Å². The summed E-state index contributed by atoms with van der Waals surface area (Å²) in [5.41, 5.74) is 13.9. The van der Waals surface area contributed by atoms with Gasteiger partial charge in [0.15, 0.2) is 12.2 Å². The Hall–Kier alpha value is -1.74. The number of guanidine groups is 1. The summed E-state index contributed by atoms with van der Waals surface area (Å²) in [5, 5.41) is 90.6. The van der Waals surface area contributed by atoms with Crippen molar-refractivity contribution in [2.24, 2.45) is 22.2 Å². The highest BCUT2D eigenvalue weighted by molar-refractivity contribution is 5.79. The van der Waals surface area contributed by atoms with E-state index in [-0.39, 0.29) is 18.9 Å². The van der Waals surface area contributed by atoms with Gasteiger partial charge in [-0.05, 0) is 12.8 Å². The zero-order valence-corrected chi connectivity index (χ0v) is 18.6. The molecule has 17 heteroatoms. The quantitative estimate of drug-likeness (QED) is 0.0691. The van der Waals surface area contributed by atoms with Crippen LogP contribution in [0.15, 0.2) is 4.99 Å². The van der Waals surface area contributed by atoms with Gasteiger partial charge in [-0.2, -0.15) is 0 Å². The average molecular weight is 514 g/mol. The summed E-state index contributed by atoms with van der Waals surface area (Å²) in [4.78, 5) is 15.7. The molecule has 0 amide bonds. The first-order valence-corrected chi connectivity index (χ1v) is 10.6. The van der Waals surface area contributed by atoms with E-state index >= 15 is 0 Å². The Bertz CT molecular complexity index is 756. The minimum absolute atomic E-state index is 0.0183. The third-order valence-corrected chi connectivity index (χ3v) is 6.08. The first-order valence-electron chi connectivity index (χ1n) is 10.6. The highest BCUT2D eigenvalue weighted by Gasteiger charge is 2.62. The van der Waals surface area contributed by atoms with Gasteiger partial charge in [-0.3, -0.25) is 9.79 Å². The van der Waals surface area contributed by atoms with Crippen molar-refractivity contribution in [3.8, 4) is 0 Å². The summed E-state index contributed by atoms with van der Waals surface area (Å²) in [7, 11) is 0. The Kier molecular flexibility index (Phi) is 9.73. The zero-order chi connectivity index (χ0) is 26.7. The van der Waals surface area contributed by atoms with Crippen molar-refractivity contribution in [3.05, 3.63) is 0 Å². The van der Waals surface area contributed by atoms with Gasteiger partial charge in [0.2, 0.25) is 5.79 Å². The predicted octanol–water partition coefficient (Wildman–Crippen LogP) is -7.19. The third kappa shape index (κ3) is 5.98. The van der Waals surface area contributed by atoms with Gasteiger partial charge < -0.3 is 77.4 Å². The first kappa shape index (κ1) is 29.5. The topological polar surface area (TPSA) is 317 Å². The maximum atomic E-state index is 12.0. The fourth-order valence-corrected chi connectivity index (χ4v) is 3.92. The molecule has 0 aromatic carbocycles. The minimum Gasteiger partial charge on any atom is -0.480 e. The SMILES string of the molecule is NC(N)=NCCCC(N)(C(=O)O)[C@@H](O)C1O[C@](O)(CO)[C@@H](O)[C@@H]1OC1OC(CO)[C@@H](O)[C@H](O)[C@H]1O. The molecule has 0 aliphatic carbocycles. The lowest BCUT2D eigenvalue weighted by molar-refractivity contribution is -0.320. The van der Waals surface area contributed by atoms with Crippen molar-refractivity contribution >= 4 is 11.9 Å². The van der Waals surface area contributed by atoms with Gasteiger partial charge in [0, 0.05) is 6.54 Å². The molecular formula is C18H34N4O13. The summed E-state index contributed by atoms with van der Waals surface area (Å²) < 4.78 is 15.8. The molecular weight excluding hydrogens is 480 g/mol. The fourth-order valence-electron chi connectivity index (χ4n) is 3.92. The van der Waals surface area contributed by atoms with Crippen molar-refractivity contribution in [2.45, 2.75) is 79.3 Å². The smallest absolute Gasteiger partial charge is 0.326 e. The van der Waals surface area contributed by atoms with Crippen LogP contribution in [0, 0.1) is 0 Å². The Morgan fingerprint density at radius 3 is 2.29 bits per heavy atom. The van der Waals surface area contributed by atoms with Crippen LogP contribution < -0.4 is 17.2 Å². The van der Waals surface area contributed by atoms with Crippen LogP contribution >= 0.6 is 0 Å². The molecule has 2 saturated heterocycles. The monoisotopic (exact) mass is 514 g/mol. The number of aliphatic hydroxyl groups is 8. The van der Waals surface area contributed by atoms with E-state index in [4.69, 9.17) is 31.4 Å². The molecule has 0 aromatic rings. The van der Waals surface area contributed by atoms with Gasteiger partial charge in [-0.15, -0.1) is 0 Å². The molecule has 2 aliphatic rings. The van der Waals surface area contributed by atoms with Gasteiger partial charge in [-0.1, -0.05) is 0 Å². The number of carboxylic acids is 1. The Balaban J connectivity index is 2.33. The molecule has 2 fully saturated rings. The molecule has 15 N–H and O–H groups in total.